The monoisotopic (exact) mass is 366 g/mol. The second-order valence-corrected chi connectivity index (χ2v) is 6.64. The summed E-state index contributed by atoms with van der Waals surface area (Å²) in [5.74, 6) is -0.160. The van der Waals surface area contributed by atoms with Gasteiger partial charge in [-0.3, -0.25) is 4.79 Å². The summed E-state index contributed by atoms with van der Waals surface area (Å²) in [7, 11) is 0. The first kappa shape index (κ1) is 18.1. The van der Waals surface area contributed by atoms with Crippen LogP contribution in [0, 0.1) is 6.92 Å². The van der Waals surface area contributed by atoms with E-state index in [9.17, 15) is 23.1 Å². The third-order valence-corrected chi connectivity index (χ3v) is 3.92. The molecule has 1 aromatic heterocycles. The minimum Gasteiger partial charge on any atom is -0.386 e. The molecule has 1 amide bonds. The van der Waals surface area contributed by atoms with Crippen LogP contribution in [0.1, 0.15) is 18.1 Å². The van der Waals surface area contributed by atoms with Crippen molar-refractivity contribution in [3.05, 3.63) is 41.7 Å². The Morgan fingerprint density at radius 2 is 2.00 bits per heavy atom. The molecule has 1 aliphatic rings. The van der Waals surface area contributed by atoms with Gasteiger partial charge >= 0.3 is 6.18 Å². The molecule has 6 nitrogen and oxygen atoms in total. The number of β-amino-alcohol motifs (C(OH)–C–C–N with tert-alkyl or cyclic N) is 1. The molecule has 1 saturated heterocycles. The molecule has 0 radical (unpaired) electrons. The van der Waals surface area contributed by atoms with Crippen LogP contribution in [0.2, 0.25) is 0 Å². The van der Waals surface area contributed by atoms with Gasteiger partial charge in [-0.15, -0.1) is 5.10 Å². The molecule has 1 N–H and O–H groups in total. The first-order valence-corrected chi connectivity index (χ1v) is 7.83. The van der Waals surface area contributed by atoms with Crippen LogP contribution < -0.4 is 0 Å². The molecule has 138 valence electrons. The van der Waals surface area contributed by atoms with E-state index in [0.717, 1.165) is 12.1 Å². The predicted molar refractivity (Wildman–Crippen MR) is 87.7 cm³/mol. The Hall–Kier alpha value is -2.68. The van der Waals surface area contributed by atoms with Crippen LogP contribution in [0.4, 0.5) is 13.2 Å². The second kappa shape index (κ2) is 6.24. The van der Waals surface area contributed by atoms with Crippen molar-refractivity contribution in [3.63, 3.8) is 0 Å². The number of carbonyl (C=O) groups is 1. The van der Waals surface area contributed by atoms with Crippen molar-refractivity contribution in [2.75, 3.05) is 13.1 Å². The summed E-state index contributed by atoms with van der Waals surface area (Å²) in [6, 6.07) is 3.61. The number of amides is 1. The van der Waals surface area contributed by atoms with Crippen molar-refractivity contribution in [1.82, 2.24) is 19.7 Å². The van der Waals surface area contributed by atoms with E-state index >= 15 is 0 Å². The standard InChI is InChI=1S/C17H17F3N4O2/c1-11-5-12(7-13(6-11)17(18,19)20)15-21-10-24(22-15)4-3-14(25)23-8-16(2,26)9-23/h3-7,10,26H,8-9H2,1-2H3/b4-3-. The van der Waals surface area contributed by atoms with E-state index in [0.29, 0.717) is 5.56 Å². The van der Waals surface area contributed by atoms with Crippen molar-refractivity contribution < 1.29 is 23.1 Å². The first-order valence-electron chi connectivity index (χ1n) is 7.83. The zero-order chi connectivity index (χ0) is 19.1. The van der Waals surface area contributed by atoms with Crippen LogP contribution in [0.5, 0.6) is 0 Å². The maximum atomic E-state index is 12.9. The lowest BCUT2D eigenvalue weighted by atomic mass is 9.97. The highest BCUT2D eigenvalue weighted by molar-refractivity contribution is 5.90. The zero-order valence-electron chi connectivity index (χ0n) is 14.2. The van der Waals surface area contributed by atoms with Crippen molar-refractivity contribution in [2.45, 2.75) is 25.6 Å². The topological polar surface area (TPSA) is 71.2 Å². The summed E-state index contributed by atoms with van der Waals surface area (Å²) < 4.78 is 40.0. The van der Waals surface area contributed by atoms with Crippen LogP contribution in [0.3, 0.4) is 0 Å². The number of rotatable bonds is 3. The smallest absolute Gasteiger partial charge is 0.386 e. The number of aromatic nitrogens is 3. The Morgan fingerprint density at radius 1 is 1.31 bits per heavy atom. The SMILES string of the molecule is Cc1cc(-c2ncn(/C=C\C(=O)N3CC(C)(O)C3)n2)cc(C(F)(F)F)c1. The minimum absolute atomic E-state index is 0.128. The number of aliphatic hydroxyl groups is 1. The molecule has 1 aliphatic heterocycles. The summed E-state index contributed by atoms with van der Waals surface area (Å²) in [6.07, 6.45) is -0.507. The van der Waals surface area contributed by atoms with E-state index in [4.69, 9.17) is 0 Å². The van der Waals surface area contributed by atoms with Gasteiger partial charge in [0.25, 0.3) is 0 Å². The maximum Gasteiger partial charge on any atom is 0.416 e. The van der Waals surface area contributed by atoms with Gasteiger partial charge in [0.1, 0.15) is 6.33 Å². The number of hydrogen-bond acceptors (Lipinski definition) is 4. The molecule has 0 spiro atoms. The predicted octanol–water partition coefficient (Wildman–Crippen LogP) is 2.34. The number of nitrogens with zero attached hydrogens (tertiary/aromatic N) is 4. The van der Waals surface area contributed by atoms with Gasteiger partial charge in [-0.05, 0) is 37.6 Å². The Balaban J connectivity index is 1.75. The summed E-state index contributed by atoms with van der Waals surface area (Å²) in [5.41, 5.74) is -0.929. The summed E-state index contributed by atoms with van der Waals surface area (Å²) in [4.78, 5) is 17.4. The molecule has 2 aromatic rings. The van der Waals surface area contributed by atoms with Crippen LogP contribution in [-0.4, -0.2) is 49.4 Å². The van der Waals surface area contributed by atoms with Crippen LogP contribution in [-0.2, 0) is 11.0 Å². The van der Waals surface area contributed by atoms with Gasteiger partial charge in [-0.1, -0.05) is 0 Å². The van der Waals surface area contributed by atoms with Crippen molar-refractivity contribution in [1.29, 1.82) is 0 Å². The fraction of sp³-hybridized carbons (Fsp3) is 0.353. The van der Waals surface area contributed by atoms with Crippen molar-refractivity contribution in [3.8, 4) is 11.4 Å². The Morgan fingerprint density at radius 3 is 2.62 bits per heavy atom. The zero-order valence-corrected chi connectivity index (χ0v) is 14.2. The summed E-state index contributed by atoms with van der Waals surface area (Å²) in [5, 5.41) is 13.7. The maximum absolute atomic E-state index is 12.9. The van der Waals surface area contributed by atoms with Crippen LogP contribution >= 0.6 is 0 Å². The Kier molecular flexibility index (Phi) is 4.35. The average molecular weight is 366 g/mol. The number of benzene rings is 1. The molecule has 0 bridgehead atoms. The molecule has 2 heterocycles. The Bertz CT molecular complexity index is 863. The van der Waals surface area contributed by atoms with Gasteiger partial charge in [0.05, 0.1) is 24.3 Å². The third kappa shape index (κ3) is 3.93. The summed E-state index contributed by atoms with van der Waals surface area (Å²) >= 11 is 0. The van der Waals surface area contributed by atoms with Gasteiger partial charge in [0.15, 0.2) is 5.82 Å². The van der Waals surface area contributed by atoms with Crippen molar-refractivity contribution in [2.24, 2.45) is 0 Å². The minimum atomic E-state index is -4.45. The van der Waals surface area contributed by atoms with Gasteiger partial charge in [0, 0.05) is 17.8 Å². The molecule has 3 rings (SSSR count). The van der Waals surface area contributed by atoms with Gasteiger partial charge in [0.2, 0.25) is 5.91 Å². The highest BCUT2D eigenvalue weighted by Crippen LogP contribution is 2.32. The Labute approximate surface area is 147 Å². The van der Waals surface area contributed by atoms with Crippen LogP contribution in [0.15, 0.2) is 30.6 Å². The van der Waals surface area contributed by atoms with E-state index in [2.05, 4.69) is 10.1 Å². The normalized spacial score (nSPS) is 16.8. The third-order valence-electron chi connectivity index (χ3n) is 3.92. The van der Waals surface area contributed by atoms with Crippen molar-refractivity contribution >= 4 is 12.1 Å². The number of hydrogen-bond donors (Lipinski definition) is 1. The molecule has 26 heavy (non-hydrogen) atoms. The molecule has 0 unspecified atom stereocenters. The number of halogens is 3. The molecule has 0 aliphatic carbocycles. The highest BCUT2D eigenvalue weighted by atomic mass is 19.4. The molecule has 0 atom stereocenters. The van der Waals surface area contributed by atoms with E-state index in [-0.39, 0.29) is 30.4 Å². The fourth-order valence-corrected chi connectivity index (χ4v) is 2.73. The van der Waals surface area contributed by atoms with Gasteiger partial charge in [-0.2, -0.15) is 13.2 Å². The number of likely N-dealkylation sites (tertiary alicyclic amines) is 1. The lowest BCUT2D eigenvalue weighted by Gasteiger charge is -2.43. The number of alkyl halides is 3. The van der Waals surface area contributed by atoms with E-state index in [1.54, 1.807) is 19.9 Å². The first-order chi connectivity index (χ1) is 12.0. The quantitative estimate of drug-likeness (QED) is 0.847. The molecule has 1 aromatic carbocycles. The molecular formula is C17H17F3N4O2. The molecule has 0 saturated carbocycles. The lowest BCUT2D eigenvalue weighted by Crippen LogP contribution is -2.61. The number of aryl methyl sites for hydroxylation is 1. The molecular weight excluding hydrogens is 349 g/mol. The van der Waals surface area contributed by atoms with Gasteiger partial charge in [-0.25, -0.2) is 9.67 Å². The second-order valence-electron chi connectivity index (χ2n) is 6.64. The molecule has 9 heteroatoms. The van der Waals surface area contributed by atoms with E-state index in [1.807, 2.05) is 0 Å². The lowest BCUT2D eigenvalue weighted by molar-refractivity contribution is -0.146. The van der Waals surface area contributed by atoms with E-state index < -0.39 is 17.3 Å². The van der Waals surface area contributed by atoms with Gasteiger partial charge < -0.3 is 10.0 Å². The summed E-state index contributed by atoms with van der Waals surface area (Å²) in [6.45, 7) is 3.71. The largest absolute Gasteiger partial charge is 0.416 e. The number of carbonyl (C=O) groups excluding carboxylic acids is 1. The molecule has 1 fully saturated rings. The fourth-order valence-electron chi connectivity index (χ4n) is 2.73. The van der Waals surface area contributed by atoms with Crippen LogP contribution in [0.25, 0.3) is 17.6 Å². The highest BCUT2D eigenvalue weighted by Gasteiger charge is 2.38. The average Bonchev–Trinajstić information content (AvgIpc) is 2.97. The van der Waals surface area contributed by atoms with E-state index in [1.165, 1.54) is 28.2 Å².